The number of rotatable bonds is 2. The van der Waals surface area contributed by atoms with Gasteiger partial charge in [0.2, 0.25) is 0 Å². The van der Waals surface area contributed by atoms with Gasteiger partial charge >= 0.3 is 0 Å². The summed E-state index contributed by atoms with van der Waals surface area (Å²) in [5.74, 6) is 1.16. The summed E-state index contributed by atoms with van der Waals surface area (Å²) >= 11 is 0. The number of hydrogen-bond acceptors (Lipinski definition) is 3. The molecule has 2 aliphatic rings. The Bertz CT molecular complexity index is 731. The lowest BCUT2D eigenvalue weighted by Crippen LogP contribution is -2.36. The number of amides is 1. The summed E-state index contributed by atoms with van der Waals surface area (Å²) in [6.45, 7) is 0. The topological polar surface area (TPSA) is 53.4 Å². The van der Waals surface area contributed by atoms with E-state index in [0.717, 1.165) is 36.6 Å². The Hall–Kier alpha value is -1.94. The number of pyridine rings is 1. The number of nitrogens with zero attached hydrogens (tertiary/aromatic N) is 2. The van der Waals surface area contributed by atoms with Crippen LogP contribution in [-0.4, -0.2) is 40.1 Å². The van der Waals surface area contributed by atoms with E-state index in [-0.39, 0.29) is 18.1 Å². The predicted molar refractivity (Wildman–Crippen MR) is 89.1 cm³/mol. The standard InChI is InChI=1S/C19H22N2O2/c1-21(15-8-13-10-16(22)11-14(13)9-15)19(23)18-7-6-12-4-2-3-5-17(12)20-18/h2-7,13-16,22H,8-11H2,1H3/t13-,14+,15?,16?. The van der Waals surface area contributed by atoms with Gasteiger partial charge in [-0.2, -0.15) is 0 Å². The molecule has 1 aromatic heterocycles. The molecule has 0 spiro atoms. The average Bonchev–Trinajstić information content (AvgIpc) is 3.10. The number of carbonyl (C=O) groups excluding carboxylic acids is 1. The van der Waals surface area contributed by atoms with E-state index in [1.54, 1.807) is 0 Å². The van der Waals surface area contributed by atoms with Gasteiger partial charge in [0.1, 0.15) is 5.69 Å². The molecule has 2 fully saturated rings. The lowest BCUT2D eigenvalue weighted by molar-refractivity contribution is 0.0717. The molecule has 0 saturated heterocycles. The van der Waals surface area contributed by atoms with E-state index in [0.29, 0.717) is 17.5 Å². The Balaban J connectivity index is 1.51. The highest BCUT2D eigenvalue weighted by Crippen LogP contribution is 2.45. The number of benzene rings is 1. The lowest BCUT2D eigenvalue weighted by atomic mass is 10.0. The quantitative estimate of drug-likeness (QED) is 0.928. The molecule has 4 heteroatoms. The van der Waals surface area contributed by atoms with Crippen molar-refractivity contribution in [3.05, 3.63) is 42.1 Å². The summed E-state index contributed by atoms with van der Waals surface area (Å²) in [7, 11) is 1.89. The fourth-order valence-corrected chi connectivity index (χ4v) is 4.40. The van der Waals surface area contributed by atoms with Gasteiger partial charge in [-0.05, 0) is 49.7 Å². The number of aliphatic hydroxyl groups is 1. The summed E-state index contributed by atoms with van der Waals surface area (Å²) in [4.78, 5) is 19.2. The monoisotopic (exact) mass is 310 g/mol. The molecule has 0 bridgehead atoms. The van der Waals surface area contributed by atoms with Crippen LogP contribution in [0.15, 0.2) is 36.4 Å². The van der Waals surface area contributed by atoms with Crippen LogP contribution in [0.5, 0.6) is 0 Å². The first kappa shape index (κ1) is 14.6. The minimum Gasteiger partial charge on any atom is -0.393 e. The van der Waals surface area contributed by atoms with Crippen LogP contribution in [0.2, 0.25) is 0 Å². The SMILES string of the molecule is CN(C(=O)c1ccc2ccccc2n1)C1C[C@H]2CC(O)C[C@H]2C1. The number of aliphatic hydroxyl groups excluding tert-OH is 1. The third kappa shape index (κ3) is 2.61. The van der Waals surface area contributed by atoms with Crippen LogP contribution in [0.25, 0.3) is 10.9 Å². The van der Waals surface area contributed by atoms with Crippen LogP contribution in [-0.2, 0) is 0 Å². The summed E-state index contributed by atoms with van der Waals surface area (Å²) in [5, 5.41) is 10.8. The van der Waals surface area contributed by atoms with Crippen LogP contribution in [0.1, 0.15) is 36.2 Å². The lowest BCUT2D eigenvalue weighted by Gasteiger charge is -2.25. The Kier molecular flexibility index (Phi) is 3.57. The van der Waals surface area contributed by atoms with Crippen molar-refractivity contribution in [3.63, 3.8) is 0 Å². The molecule has 4 atom stereocenters. The summed E-state index contributed by atoms with van der Waals surface area (Å²) in [6.07, 6.45) is 3.69. The molecule has 23 heavy (non-hydrogen) atoms. The van der Waals surface area contributed by atoms with Crippen molar-refractivity contribution < 1.29 is 9.90 Å². The Morgan fingerprint density at radius 1 is 1.09 bits per heavy atom. The molecule has 2 unspecified atom stereocenters. The first-order chi connectivity index (χ1) is 11.1. The molecule has 4 rings (SSSR count). The second-order valence-electron chi connectivity index (χ2n) is 7.08. The summed E-state index contributed by atoms with van der Waals surface area (Å²) in [6, 6.07) is 11.9. The molecule has 2 aromatic rings. The van der Waals surface area contributed by atoms with Gasteiger partial charge in [-0.25, -0.2) is 4.98 Å². The van der Waals surface area contributed by atoms with Crippen molar-refractivity contribution in [2.75, 3.05) is 7.05 Å². The zero-order valence-electron chi connectivity index (χ0n) is 13.4. The second-order valence-corrected chi connectivity index (χ2v) is 7.08. The van der Waals surface area contributed by atoms with Crippen molar-refractivity contribution >= 4 is 16.8 Å². The molecule has 2 aliphatic carbocycles. The molecule has 1 aromatic carbocycles. The largest absolute Gasteiger partial charge is 0.393 e. The molecule has 1 amide bonds. The van der Waals surface area contributed by atoms with E-state index in [1.165, 1.54) is 0 Å². The van der Waals surface area contributed by atoms with E-state index in [4.69, 9.17) is 0 Å². The zero-order chi connectivity index (χ0) is 16.0. The van der Waals surface area contributed by atoms with Gasteiger partial charge in [0.25, 0.3) is 5.91 Å². The number of carbonyl (C=O) groups is 1. The third-order valence-electron chi connectivity index (χ3n) is 5.65. The second kappa shape index (κ2) is 5.60. The van der Waals surface area contributed by atoms with Crippen molar-refractivity contribution in [1.82, 2.24) is 9.88 Å². The third-order valence-corrected chi connectivity index (χ3v) is 5.65. The Morgan fingerprint density at radius 3 is 2.52 bits per heavy atom. The highest BCUT2D eigenvalue weighted by molar-refractivity contribution is 5.95. The van der Waals surface area contributed by atoms with Gasteiger partial charge in [0.05, 0.1) is 11.6 Å². The smallest absolute Gasteiger partial charge is 0.272 e. The van der Waals surface area contributed by atoms with Gasteiger partial charge in [-0.15, -0.1) is 0 Å². The molecular formula is C19H22N2O2. The zero-order valence-corrected chi connectivity index (χ0v) is 13.4. The van der Waals surface area contributed by atoms with Crippen LogP contribution in [0, 0.1) is 11.8 Å². The van der Waals surface area contributed by atoms with Gasteiger partial charge in [-0.3, -0.25) is 4.79 Å². The first-order valence-corrected chi connectivity index (χ1v) is 8.43. The van der Waals surface area contributed by atoms with Crippen molar-refractivity contribution in [2.45, 2.75) is 37.8 Å². The van der Waals surface area contributed by atoms with Crippen LogP contribution < -0.4 is 0 Å². The maximum Gasteiger partial charge on any atom is 0.272 e. The number of hydrogen-bond donors (Lipinski definition) is 1. The van der Waals surface area contributed by atoms with E-state index < -0.39 is 0 Å². The van der Waals surface area contributed by atoms with Crippen molar-refractivity contribution in [3.8, 4) is 0 Å². The molecule has 1 heterocycles. The predicted octanol–water partition coefficient (Wildman–Crippen LogP) is 2.86. The molecule has 120 valence electrons. The van der Waals surface area contributed by atoms with E-state index in [2.05, 4.69) is 4.98 Å². The van der Waals surface area contributed by atoms with E-state index in [1.807, 2.05) is 48.3 Å². The summed E-state index contributed by atoms with van der Waals surface area (Å²) < 4.78 is 0. The Morgan fingerprint density at radius 2 is 1.78 bits per heavy atom. The summed E-state index contributed by atoms with van der Waals surface area (Å²) in [5.41, 5.74) is 1.38. The minimum absolute atomic E-state index is 0.00118. The van der Waals surface area contributed by atoms with E-state index >= 15 is 0 Å². The molecule has 0 radical (unpaired) electrons. The first-order valence-electron chi connectivity index (χ1n) is 8.43. The molecule has 0 aliphatic heterocycles. The van der Waals surface area contributed by atoms with Crippen molar-refractivity contribution in [1.29, 1.82) is 0 Å². The highest BCUT2D eigenvalue weighted by atomic mass is 16.3. The Labute approximate surface area is 136 Å². The van der Waals surface area contributed by atoms with Gasteiger partial charge in [-0.1, -0.05) is 24.3 Å². The fourth-order valence-electron chi connectivity index (χ4n) is 4.40. The number of para-hydroxylation sites is 1. The van der Waals surface area contributed by atoms with E-state index in [9.17, 15) is 9.90 Å². The maximum absolute atomic E-state index is 12.8. The average molecular weight is 310 g/mol. The highest BCUT2D eigenvalue weighted by Gasteiger charge is 2.43. The van der Waals surface area contributed by atoms with Crippen LogP contribution in [0.3, 0.4) is 0 Å². The van der Waals surface area contributed by atoms with Gasteiger partial charge in [0, 0.05) is 18.5 Å². The van der Waals surface area contributed by atoms with Gasteiger partial charge in [0.15, 0.2) is 0 Å². The number of fused-ring (bicyclic) bond motifs is 2. The normalized spacial score (nSPS) is 29.7. The molecular weight excluding hydrogens is 288 g/mol. The fraction of sp³-hybridized carbons (Fsp3) is 0.474. The van der Waals surface area contributed by atoms with Crippen molar-refractivity contribution in [2.24, 2.45) is 11.8 Å². The van der Waals surface area contributed by atoms with Crippen LogP contribution in [0.4, 0.5) is 0 Å². The maximum atomic E-state index is 12.8. The number of aromatic nitrogens is 1. The molecule has 2 saturated carbocycles. The van der Waals surface area contributed by atoms with Gasteiger partial charge < -0.3 is 10.0 Å². The minimum atomic E-state index is -0.130. The van der Waals surface area contributed by atoms with Crippen LogP contribution >= 0.6 is 0 Å². The molecule has 1 N–H and O–H groups in total. The molecule has 4 nitrogen and oxygen atoms in total.